The van der Waals surface area contributed by atoms with Gasteiger partial charge in [0.15, 0.2) is 0 Å². The van der Waals surface area contributed by atoms with Gasteiger partial charge in [-0.2, -0.15) is 0 Å². The highest BCUT2D eigenvalue weighted by molar-refractivity contribution is 6.34. The Morgan fingerprint density at radius 2 is 1.88 bits per heavy atom. The molecule has 34 heavy (non-hydrogen) atoms. The number of nitrogens with one attached hydrogen (secondary N) is 1. The molecule has 2 aromatic carbocycles. The van der Waals surface area contributed by atoms with Gasteiger partial charge in [0.1, 0.15) is 5.69 Å². The van der Waals surface area contributed by atoms with E-state index in [1.54, 1.807) is 6.07 Å². The highest BCUT2D eigenvalue weighted by Crippen LogP contribution is 2.48. The highest BCUT2D eigenvalue weighted by atomic mass is 35.5. The third-order valence-electron chi connectivity index (χ3n) is 6.78. The Morgan fingerprint density at radius 3 is 2.56 bits per heavy atom. The second-order valence-electron chi connectivity index (χ2n) is 9.16. The number of carboxylic acids is 1. The molecule has 3 aromatic rings. The number of carbonyl (C=O) groups excluding carboxylic acids is 1. The second-order valence-corrected chi connectivity index (χ2v) is 9.56. The fraction of sp³-hybridized carbons (Fsp3) is 0.357. The average Bonchev–Trinajstić information content (AvgIpc) is 3.54. The zero-order valence-corrected chi connectivity index (χ0v) is 20.4. The zero-order chi connectivity index (χ0) is 24.2. The lowest BCUT2D eigenvalue weighted by Crippen LogP contribution is -2.20. The van der Waals surface area contributed by atoms with Crippen molar-refractivity contribution in [3.05, 3.63) is 88.2 Å². The van der Waals surface area contributed by atoms with Crippen LogP contribution in [0.15, 0.2) is 60.7 Å². The van der Waals surface area contributed by atoms with E-state index in [-0.39, 0.29) is 23.8 Å². The SMILES string of the molecule is CC[C@H](C)n1c(CCCc2ccccc2)ccc1C(=O)Nc1cc([C@H]2C[C@H]2C(=O)O)ccc1Cl. The maximum Gasteiger partial charge on any atom is 0.307 e. The molecule has 0 spiro atoms. The monoisotopic (exact) mass is 478 g/mol. The van der Waals surface area contributed by atoms with Crippen LogP contribution in [0.4, 0.5) is 5.69 Å². The number of amides is 1. The lowest BCUT2D eigenvalue weighted by Gasteiger charge is -2.20. The molecule has 2 N–H and O–H groups in total. The van der Waals surface area contributed by atoms with Crippen LogP contribution in [0.25, 0.3) is 0 Å². The molecule has 1 saturated carbocycles. The minimum atomic E-state index is -0.781. The molecule has 1 aliphatic rings. The number of aliphatic carboxylic acids is 1. The Balaban J connectivity index is 1.50. The van der Waals surface area contributed by atoms with Crippen LogP contribution in [0.2, 0.25) is 5.02 Å². The van der Waals surface area contributed by atoms with E-state index in [1.807, 2.05) is 30.3 Å². The van der Waals surface area contributed by atoms with Crippen LogP contribution in [0, 0.1) is 5.92 Å². The number of nitrogens with zero attached hydrogens (tertiary/aromatic N) is 1. The lowest BCUT2D eigenvalue weighted by molar-refractivity contribution is -0.138. The molecule has 6 heteroatoms. The molecule has 1 heterocycles. The van der Waals surface area contributed by atoms with Gasteiger partial charge in [-0.1, -0.05) is 54.9 Å². The smallest absolute Gasteiger partial charge is 0.307 e. The molecule has 0 saturated heterocycles. The van der Waals surface area contributed by atoms with E-state index in [9.17, 15) is 14.7 Å². The van der Waals surface area contributed by atoms with Gasteiger partial charge in [-0.15, -0.1) is 0 Å². The fourth-order valence-corrected chi connectivity index (χ4v) is 4.76. The summed E-state index contributed by atoms with van der Waals surface area (Å²) in [6.45, 7) is 4.25. The predicted octanol–water partition coefficient (Wildman–Crippen LogP) is 6.73. The van der Waals surface area contributed by atoms with Crippen molar-refractivity contribution in [1.82, 2.24) is 4.57 Å². The minimum Gasteiger partial charge on any atom is -0.481 e. The van der Waals surface area contributed by atoms with Gasteiger partial charge < -0.3 is 15.0 Å². The number of carboxylic acid groups (broad SMARTS) is 1. The van der Waals surface area contributed by atoms with E-state index < -0.39 is 5.97 Å². The lowest BCUT2D eigenvalue weighted by atomic mass is 10.1. The molecule has 1 aliphatic carbocycles. The van der Waals surface area contributed by atoms with Crippen molar-refractivity contribution < 1.29 is 14.7 Å². The van der Waals surface area contributed by atoms with Crippen LogP contribution in [0.1, 0.15) is 72.4 Å². The number of hydrogen-bond acceptors (Lipinski definition) is 2. The summed E-state index contributed by atoms with van der Waals surface area (Å²) in [6.07, 6.45) is 4.42. The Hall–Kier alpha value is -3.05. The van der Waals surface area contributed by atoms with Crippen molar-refractivity contribution in [2.75, 3.05) is 5.32 Å². The first-order valence-corrected chi connectivity index (χ1v) is 12.3. The van der Waals surface area contributed by atoms with Crippen LogP contribution >= 0.6 is 11.6 Å². The molecule has 5 nitrogen and oxygen atoms in total. The highest BCUT2D eigenvalue weighted by Gasteiger charge is 2.44. The third-order valence-corrected chi connectivity index (χ3v) is 7.11. The van der Waals surface area contributed by atoms with Crippen LogP contribution in [0.3, 0.4) is 0 Å². The summed E-state index contributed by atoms with van der Waals surface area (Å²) in [5, 5.41) is 12.6. The van der Waals surface area contributed by atoms with Gasteiger partial charge in [0.2, 0.25) is 0 Å². The largest absolute Gasteiger partial charge is 0.481 e. The molecule has 1 aromatic heterocycles. The summed E-state index contributed by atoms with van der Waals surface area (Å²) < 4.78 is 2.14. The molecular weight excluding hydrogens is 448 g/mol. The van der Waals surface area contributed by atoms with E-state index in [0.717, 1.165) is 36.9 Å². The molecule has 0 unspecified atom stereocenters. The number of anilines is 1. The van der Waals surface area contributed by atoms with E-state index in [1.165, 1.54) is 5.56 Å². The Kier molecular flexibility index (Phi) is 7.42. The zero-order valence-electron chi connectivity index (χ0n) is 19.6. The summed E-state index contributed by atoms with van der Waals surface area (Å²) in [7, 11) is 0. The van der Waals surface area contributed by atoms with Crippen molar-refractivity contribution >= 4 is 29.2 Å². The Morgan fingerprint density at radius 1 is 1.12 bits per heavy atom. The summed E-state index contributed by atoms with van der Waals surface area (Å²) >= 11 is 6.38. The second kappa shape index (κ2) is 10.5. The number of aryl methyl sites for hydroxylation is 2. The molecule has 178 valence electrons. The van der Waals surface area contributed by atoms with Crippen LogP contribution < -0.4 is 5.32 Å². The van der Waals surface area contributed by atoms with Gasteiger partial charge in [0, 0.05) is 11.7 Å². The first kappa shape index (κ1) is 24.1. The van der Waals surface area contributed by atoms with Gasteiger partial charge in [-0.05, 0) is 80.3 Å². The quantitative estimate of drug-likeness (QED) is 0.339. The van der Waals surface area contributed by atoms with E-state index in [2.05, 4.69) is 48.0 Å². The van der Waals surface area contributed by atoms with Crippen LogP contribution in [0.5, 0.6) is 0 Å². The molecule has 1 fully saturated rings. The van der Waals surface area contributed by atoms with Crippen molar-refractivity contribution in [3.63, 3.8) is 0 Å². The van der Waals surface area contributed by atoms with Gasteiger partial charge in [-0.25, -0.2) is 0 Å². The maximum absolute atomic E-state index is 13.3. The Labute approximate surface area is 205 Å². The Bertz CT molecular complexity index is 1170. The maximum atomic E-state index is 13.3. The topological polar surface area (TPSA) is 71.3 Å². The molecule has 1 amide bonds. The van der Waals surface area contributed by atoms with Crippen molar-refractivity contribution in [1.29, 1.82) is 0 Å². The predicted molar refractivity (Wildman–Crippen MR) is 136 cm³/mol. The van der Waals surface area contributed by atoms with Crippen LogP contribution in [-0.4, -0.2) is 21.6 Å². The normalized spacial score (nSPS) is 17.9. The molecule has 4 rings (SSSR count). The summed E-state index contributed by atoms with van der Waals surface area (Å²) in [5.74, 6) is -1.37. The van der Waals surface area contributed by atoms with Crippen molar-refractivity contribution in [2.24, 2.45) is 5.92 Å². The first-order chi connectivity index (χ1) is 16.4. The molecular formula is C28H31ClN2O3. The van der Waals surface area contributed by atoms with Gasteiger partial charge in [0.25, 0.3) is 5.91 Å². The minimum absolute atomic E-state index is 0.0226. The van der Waals surface area contributed by atoms with Crippen molar-refractivity contribution in [3.8, 4) is 0 Å². The number of hydrogen-bond donors (Lipinski definition) is 2. The number of benzene rings is 2. The van der Waals surface area contributed by atoms with E-state index in [0.29, 0.717) is 22.8 Å². The number of aromatic nitrogens is 1. The summed E-state index contributed by atoms with van der Waals surface area (Å²) in [5.41, 5.74) is 4.49. The number of rotatable bonds is 10. The van der Waals surface area contributed by atoms with Gasteiger partial charge in [0.05, 0.1) is 16.6 Å². The van der Waals surface area contributed by atoms with Gasteiger partial charge in [-0.3, -0.25) is 9.59 Å². The molecule has 3 atom stereocenters. The van der Waals surface area contributed by atoms with Crippen molar-refractivity contribution in [2.45, 2.75) is 57.9 Å². The molecule has 0 radical (unpaired) electrons. The standard InChI is InChI=1S/C28H31ClN2O3/c1-3-18(2)31-21(11-7-10-19-8-5-4-6-9-19)13-15-26(31)27(32)30-25-16-20(12-14-24(25)29)22-17-23(22)28(33)34/h4-6,8-9,12-16,18,22-23H,3,7,10-11,17H2,1-2H3,(H,30,32)(H,33,34)/t18-,22+,23+/m0/s1. The first-order valence-electron chi connectivity index (χ1n) is 12.0. The number of halogens is 1. The third kappa shape index (κ3) is 5.36. The summed E-state index contributed by atoms with van der Waals surface area (Å²) in [4.78, 5) is 24.5. The van der Waals surface area contributed by atoms with E-state index >= 15 is 0 Å². The van der Waals surface area contributed by atoms with Gasteiger partial charge >= 0.3 is 5.97 Å². The van der Waals surface area contributed by atoms with Crippen LogP contribution in [-0.2, 0) is 17.6 Å². The fourth-order valence-electron chi connectivity index (χ4n) is 4.59. The molecule has 0 aliphatic heterocycles. The van der Waals surface area contributed by atoms with E-state index in [4.69, 9.17) is 11.6 Å². The average molecular weight is 479 g/mol. The molecule has 0 bridgehead atoms. The summed E-state index contributed by atoms with van der Waals surface area (Å²) in [6, 6.07) is 19.9. The number of carbonyl (C=O) groups is 2.